The summed E-state index contributed by atoms with van der Waals surface area (Å²) in [5.74, 6) is 0.00681. The monoisotopic (exact) mass is 413 g/mol. The number of hydrogen-bond acceptors (Lipinski definition) is 7. The van der Waals surface area contributed by atoms with E-state index in [9.17, 15) is 4.79 Å². The van der Waals surface area contributed by atoms with E-state index in [0.29, 0.717) is 15.6 Å². The molecular weight excluding hydrogens is 386 g/mol. The molecule has 0 N–H and O–H groups in total. The van der Waals surface area contributed by atoms with Crippen molar-refractivity contribution in [3.63, 3.8) is 0 Å². The molecule has 3 heterocycles. The van der Waals surface area contributed by atoms with Gasteiger partial charge in [0.1, 0.15) is 15.6 Å². The number of unbranched alkanes of at least 4 members (excludes halogenated alkanes) is 1. The van der Waals surface area contributed by atoms with Crippen molar-refractivity contribution in [3.8, 4) is 10.7 Å². The topological polar surface area (TPSA) is 65.7 Å². The van der Waals surface area contributed by atoms with Crippen molar-refractivity contribution in [1.82, 2.24) is 19.9 Å². The zero-order chi connectivity index (χ0) is 20.4. The van der Waals surface area contributed by atoms with E-state index in [1.165, 1.54) is 11.3 Å². The lowest BCUT2D eigenvalue weighted by atomic mass is 10.1. The summed E-state index contributed by atoms with van der Waals surface area (Å²) in [5.41, 5.74) is 2.60. The largest absolute Gasteiger partial charge is 0.369 e. The van der Waals surface area contributed by atoms with Crippen LogP contribution in [0.25, 0.3) is 21.7 Å². The van der Waals surface area contributed by atoms with Crippen LogP contribution in [0.2, 0.25) is 0 Å². The van der Waals surface area contributed by atoms with Crippen LogP contribution in [0.15, 0.2) is 28.9 Å². The van der Waals surface area contributed by atoms with Crippen molar-refractivity contribution in [2.45, 2.75) is 19.8 Å². The highest BCUT2D eigenvalue weighted by Crippen LogP contribution is 2.33. The minimum atomic E-state index is 0.00681. The third-order valence-corrected chi connectivity index (χ3v) is 6.43. The van der Waals surface area contributed by atoms with Crippen LogP contribution in [0.1, 0.15) is 29.4 Å². The van der Waals surface area contributed by atoms with Crippen molar-refractivity contribution in [1.29, 1.82) is 0 Å². The number of thiazole rings is 1. The minimum absolute atomic E-state index is 0.00681. The number of hydrogen-bond donors (Lipinski definition) is 0. The Bertz CT molecular complexity index is 990. The fourth-order valence-electron chi connectivity index (χ4n) is 3.51. The number of rotatable bonds is 6. The van der Waals surface area contributed by atoms with Crippen molar-refractivity contribution in [2.75, 3.05) is 51.7 Å². The predicted molar refractivity (Wildman–Crippen MR) is 117 cm³/mol. The Kier molecular flexibility index (Phi) is 5.82. The molecule has 0 atom stereocenters. The Morgan fingerprint density at radius 3 is 2.83 bits per heavy atom. The van der Waals surface area contributed by atoms with Crippen LogP contribution in [0, 0.1) is 0 Å². The molecule has 0 unspecified atom stereocenters. The van der Waals surface area contributed by atoms with Gasteiger partial charge in [-0.25, -0.2) is 4.98 Å². The van der Waals surface area contributed by atoms with E-state index in [1.54, 1.807) is 11.1 Å². The number of benzene rings is 1. The van der Waals surface area contributed by atoms with Crippen LogP contribution < -0.4 is 4.90 Å². The van der Waals surface area contributed by atoms with E-state index < -0.39 is 0 Å². The molecule has 0 saturated carbocycles. The molecule has 8 heteroatoms. The third kappa shape index (κ3) is 4.13. The van der Waals surface area contributed by atoms with Gasteiger partial charge in [-0.2, -0.15) is 0 Å². The van der Waals surface area contributed by atoms with Gasteiger partial charge in [0, 0.05) is 51.5 Å². The molecule has 2 aromatic heterocycles. The summed E-state index contributed by atoms with van der Waals surface area (Å²) in [6, 6.07) is 6.22. The summed E-state index contributed by atoms with van der Waals surface area (Å²) >= 11 is 1.37. The number of fused-ring (bicyclic) bond motifs is 1. The standard InChI is InChI=1S/C21H27N5O2S/c1-4-5-8-25(3)21(27)18-14-22-20(29-18)19-16-7-6-15(13-17(16)28-23-19)26-11-9-24(2)10-12-26/h6-7,13-14H,4-5,8-12H2,1-3H3. The van der Waals surface area contributed by atoms with E-state index in [-0.39, 0.29) is 5.91 Å². The number of carbonyl (C=O) groups excluding carboxylic acids is 1. The number of anilines is 1. The molecule has 154 valence electrons. The van der Waals surface area contributed by atoms with Gasteiger partial charge < -0.3 is 19.2 Å². The Balaban J connectivity index is 1.54. The first-order chi connectivity index (χ1) is 14.1. The quantitative estimate of drug-likeness (QED) is 0.615. The number of nitrogens with zero attached hydrogens (tertiary/aromatic N) is 5. The summed E-state index contributed by atoms with van der Waals surface area (Å²) < 4.78 is 5.61. The summed E-state index contributed by atoms with van der Waals surface area (Å²) in [5, 5.41) is 5.89. The average Bonchev–Trinajstić information content (AvgIpc) is 3.38. The normalized spacial score (nSPS) is 15.2. The first kappa shape index (κ1) is 19.8. The van der Waals surface area contributed by atoms with Crippen LogP contribution in [-0.4, -0.2) is 72.7 Å². The molecule has 1 amide bonds. The lowest BCUT2D eigenvalue weighted by Gasteiger charge is -2.33. The maximum atomic E-state index is 12.6. The molecule has 1 aliphatic rings. The van der Waals surface area contributed by atoms with E-state index in [1.807, 2.05) is 13.1 Å². The van der Waals surface area contributed by atoms with E-state index in [4.69, 9.17) is 4.52 Å². The van der Waals surface area contributed by atoms with Gasteiger partial charge in [0.05, 0.1) is 11.6 Å². The van der Waals surface area contributed by atoms with Gasteiger partial charge >= 0.3 is 0 Å². The zero-order valence-electron chi connectivity index (χ0n) is 17.2. The van der Waals surface area contributed by atoms with Crippen LogP contribution in [-0.2, 0) is 0 Å². The van der Waals surface area contributed by atoms with Crippen LogP contribution >= 0.6 is 11.3 Å². The fraction of sp³-hybridized carbons (Fsp3) is 0.476. The minimum Gasteiger partial charge on any atom is -0.369 e. The van der Waals surface area contributed by atoms with Gasteiger partial charge in [-0.15, -0.1) is 11.3 Å². The highest BCUT2D eigenvalue weighted by Gasteiger charge is 2.20. The Hall–Kier alpha value is -2.45. The van der Waals surface area contributed by atoms with Gasteiger partial charge in [-0.1, -0.05) is 18.5 Å². The van der Waals surface area contributed by atoms with Gasteiger partial charge in [-0.3, -0.25) is 4.79 Å². The Morgan fingerprint density at radius 1 is 1.28 bits per heavy atom. The second-order valence-corrected chi connectivity index (χ2v) is 8.64. The first-order valence-electron chi connectivity index (χ1n) is 10.1. The van der Waals surface area contributed by atoms with Crippen molar-refractivity contribution < 1.29 is 9.32 Å². The summed E-state index contributed by atoms with van der Waals surface area (Å²) in [6.45, 7) is 7.00. The van der Waals surface area contributed by atoms with Crippen molar-refractivity contribution in [3.05, 3.63) is 29.3 Å². The molecule has 0 spiro atoms. The number of likely N-dealkylation sites (N-methyl/N-ethyl adjacent to an activating group) is 1. The second-order valence-electron chi connectivity index (χ2n) is 7.61. The summed E-state index contributed by atoms with van der Waals surface area (Å²) in [6.07, 6.45) is 3.70. The lowest BCUT2D eigenvalue weighted by Crippen LogP contribution is -2.44. The molecule has 0 radical (unpaired) electrons. The second kappa shape index (κ2) is 8.51. The van der Waals surface area contributed by atoms with Crippen LogP contribution in [0.4, 0.5) is 5.69 Å². The van der Waals surface area contributed by atoms with Gasteiger partial charge in [0.2, 0.25) is 0 Å². The molecular formula is C21H27N5O2S. The SMILES string of the molecule is CCCCN(C)C(=O)c1cnc(-c2noc3cc(N4CCN(C)CC4)ccc23)s1. The molecule has 4 rings (SSSR count). The van der Waals surface area contributed by atoms with Crippen molar-refractivity contribution in [2.24, 2.45) is 0 Å². The van der Waals surface area contributed by atoms with E-state index >= 15 is 0 Å². The zero-order valence-corrected chi connectivity index (χ0v) is 18.0. The van der Waals surface area contributed by atoms with Crippen LogP contribution in [0.3, 0.4) is 0 Å². The lowest BCUT2D eigenvalue weighted by molar-refractivity contribution is 0.0798. The molecule has 1 fully saturated rings. The molecule has 1 saturated heterocycles. The highest BCUT2D eigenvalue weighted by molar-refractivity contribution is 7.17. The molecule has 3 aromatic rings. The van der Waals surface area contributed by atoms with E-state index in [0.717, 1.165) is 62.2 Å². The summed E-state index contributed by atoms with van der Waals surface area (Å²) in [7, 11) is 3.99. The highest BCUT2D eigenvalue weighted by atomic mass is 32.1. The van der Waals surface area contributed by atoms with Gasteiger partial charge in [0.25, 0.3) is 5.91 Å². The van der Waals surface area contributed by atoms with Crippen LogP contribution in [0.5, 0.6) is 0 Å². The fourth-order valence-corrected chi connectivity index (χ4v) is 4.42. The number of aromatic nitrogens is 2. The van der Waals surface area contributed by atoms with Gasteiger partial charge in [-0.05, 0) is 25.6 Å². The smallest absolute Gasteiger partial charge is 0.265 e. The average molecular weight is 414 g/mol. The van der Waals surface area contributed by atoms with Crippen molar-refractivity contribution >= 4 is 33.9 Å². The molecule has 0 bridgehead atoms. The Morgan fingerprint density at radius 2 is 2.07 bits per heavy atom. The molecule has 1 aromatic carbocycles. The number of amides is 1. The summed E-state index contributed by atoms with van der Waals surface area (Å²) in [4.78, 5) is 24.1. The first-order valence-corrected chi connectivity index (χ1v) is 10.9. The Labute approximate surface area is 174 Å². The maximum absolute atomic E-state index is 12.6. The van der Waals surface area contributed by atoms with Gasteiger partial charge in [0.15, 0.2) is 5.58 Å². The number of carbonyl (C=O) groups is 1. The third-order valence-electron chi connectivity index (χ3n) is 5.44. The predicted octanol–water partition coefficient (Wildman–Crippen LogP) is 3.58. The maximum Gasteiger partial charge on any atom is 0.265 e. The number of piperazine rings is 1. The van der Waals surface area contributed by atoms with E-state index in [2.05, 4.69) is 46.0 Å². The molecule has 29 heavy (non-hydrogen) atoms. The molecule has 7 nitrogen and oxygen atoms in total. The molecule has 0 aliphatic carbocycles. The molecule has 1 aliphatic heterocycles.